The lowest BCUT2D eigenvalue weighted by atomic mass is 10.1. The van der Waals surface area contributed by atoms with Crippen LogP contribution in [0, 0.1) is 10.1 Å². The number of fused-ring (bicyclic) bond motifs is 1. The Kier molecular flexibility index (Phi) is 6.10. The van der Waals surface area contributed by atoms with Gasteiger partial charge in [-0.3, -0.25) is 14.9 Å². The van der Waals surface area contributed by atoms with Crippen LogP contribution in [-0.2, 0) is 27.2 Å². The normalized spacial score (nSPS) is 12.2. The number of benzene rings is 2. The Bertz CT molecular complexity index is 931. The fourth-order valence-electron chi connectivity index (χ4n) is 2.88. The molecule has 0 radical (unpaired) electrons. The Labute approximate surface area is 165 Å². The second-order valence-corrected chi connectivity index (χ2v) is 6.61. The lowest BCUT2D eigenvalue weighted by molar-refractivity contribution is -0.384. The summed E-state index contributed by atoms with van der Waals surface area (Å²) in [5.74, 6) is -0.806. The van der Waals surface area contributed by atoms with Gasteiger partial charge in [-0.2, -0.15) is 0 Å². The molecule has 2 aromatic carbocycles. The maximum absolute atomic E-state index is 11.9. The van der Waals surface area contributed by atoms with Crippen molar-refractivity contribution in [2.75, 3.05) is 18.5 Å². The van der Waals surface area contributed by atoms with E-state index in [9.17, 15) is 19.7 Å². The van der Waals surface area contributed by atoms with Crippen molar-refractivity contribution in [1.29, 1.82) is 0 Å². The molecule has 0 heterocycles. The van der Waals surface area contributed by atoms with Gasteiger partial charge in [-0.05, 0) is 48.6 Å². The number of esters is 1. The number of nitro groups is 1. The van der Waals surface area contributed by atoms with Gasteiger partial charge in [0.25, 0.3) is 11.6 Å². The summed E-state index contributed by atoms with van der Waals surface area (Å²) in [4.78, 5) is 33.8. The number of anilines is 1. The molecular weight excluding hydrogens is 388 g/mol. The molecule has 0 bridgehead atoms. The van der Waals surface area contributed by atoms with Crippen LogP contribution in [0.5, 0.6) is 5.75 Å². The maximum Gasteiger partial charge on any atom is 0.344 e. The van der Waals surface area contributed by atoms with Gasteiger partial charge in [0.15, 0.2) is 13.2 Å². The second-order valence-electron chi connectivity index (χ2n) is 6.20. The SMILES string of the molecule is O=C(COC(=O)COc1ccc2c(c1)CCC2)Nc1cc([N+](=O)[O-])ccc1Cl. The van der Waals surface area contributed by atoms with Crippen LogP contribution in [0.15, 0.2) is 36.4 Å². The number of rotatable bonds is 7. The summed E-state index contributed by atoms with van der Waals surface area (Å²) in [5, 5.41) is 13.3. The molecule has 0 saturated heterocycles. The highest BCUT2D eigenvalue weighted by atomic mass is 35.5. The minimum atomic E-state index is -0.708. The highest BCUT2D eigenvalue weighted by molar-refractivity contribution is 6.33. The summed E-state index contributed by atoms with van der Waals surface area (Å²) in [7, 11) is 0. The second kappa shape index (κ2) is 8.71. The smallest absolute Gasteiger partial charge is 0.344 e. The monoisotopic (exact) mass is 404 g/mol. The van der Waals surface area contributed by atoms with Crippen LogP contribution >= 0.6 is 11.6 Å². The van der Waals surface area contributed by atoms with Crippen LogP contribution in [-0.4, -0.2) is 30.0 Å². The van der Waals surface area contributed by atoms with Crippen molar-refractivity contribution >= 4 is 34.9 Å². The number of carbonyl (C=O) groups is 2. The fraction of sp³-hybridized carbons (Fsp3) is 0.263. The van der Waals surface area contributed by atoms with Gasteiger partial charge in [0.05, 0.1) is 15.6 Å². The van der Waals surface area contributed by atoms with E-state index in [0.717, 1.165) is 25.3 Å². The molecular formula is C19H17ClN2O6. The molecule has 28 heavy (non-hydrogen) atoms. The predicted octanol–water partition coefficient (Wildman–Crippen LogP) is 3.30. The van der Waals surface area contributed by atoms with Crippen molar-refractivity contribution in [2.24, 2.45) is 0 Å². The Morgan fingerprint density at radius 3 is 2.68 bits per heavy atom. The molecule has 1 amide bonds. The summed E-state index contributed by atoms with van der Waals surface area (Å²) in [6.07, 6.45) is 3.17. The number of hydrogen-bond acceptors (Lipinski definition) is 6. The Hall–Kier alpha value is -3.13. The van der Waals surface area contributed by atoms with Crippen LogP contribution in [0.3, 0.4) is 0 Å². The average molecular weight is 405 g/mol. The summed E-state index contributed by atoms with van der Waals surface area (Å²) in [6, 6.07) is 9.33. The zero-order valence-electron chi connectivity index (χ0n) is 14.8. The molecule has 8 nitrogen and oxygen atoms in total. The largest absolute Gasteiger partial charge is 0.482 e. The molecule has 1 N–H and O–H groups in total. The number of carbonyl (C=O) groups excluding carboxylic acids is 2. The van der Waals surface area contributed by atoms with Crippen molar-refractivity contribution < 1.29 is 24.0 Å². The van der Waals surface area contributed by atoms with E-state index in [1.54, 1.807) is 6.07 Å². The van der Waals surface area contributed by atoms with E-state index in [4.69, 9.17) is 21.1 Å². The van der Waals surface area contributed by atoms with Crippen LogP contribution in [0.4, 0.5) is 11.4 Å². The van der Waals surface area contributed by atoms with Crippen LogP contribution in [0.1, 0.15) is 17.5 Å². The topological polar surface area (TPSA) is 108 Å². The first kappa shape index (κ1) is 19.6. The van der Waals surface area contributed by atoms with E-state index >= 15 is 0 Å². The van der Waals surface area contributed by atoms with Crippen LogP contribution in [0.25, 0.3) is 0 Å². The maximum atomic E-state index is 11.9. The minimum Gasteiger partial charge on any atom is -0.482 e. The number of non-ortho nitro benzene ring substituents is 1. The lowest BCUT2D eigenvalue weighted by Gasteiger charge is -2.09. The molecule has 0 unspecified atom stereocenters. The third-order valence-corrected chi connectivity index (χ3v) is 4.56. The summed E-state index contributed by atoms with van der Waals surface area (Å²) in [6.45, 7) is -0.894. The Morgan fingerprint density at radius 2 is 1.89 bits per heavy atom. The Balaban J connectivity index is 1.46. The summed E-state index contributed by atoms with van der Waals surface area (Å²) >= 11 is 5.90. The Morgan fingerprint density at radius 1 is 1.11 bits per heavy atom. The minimum absolute atomic E-state index is 0.0614. The fourth-order valence-corrected chi connectivity index (χ4v) is 3.04. The van der Waals surface area contributed by atoms with E-state index in [1.807, 2.05) is 12.1 Å². The summed E-state index contributed by atoms with van der Waals surface area (Å²) < 4.78 is 10.3. The van der Waals surface area contributed by atoms with Gasteiger partial charge in [0, 0.05) is 12.1 Å². The molecule has 0 atom stereocenters. The molecule has 1 aliphatic rings. The molecule has 1 aliphatic carbocycles. The number of amides is 1. The lowest BCUT2D eigenvalue weighted by Crippen LogP contribution is -2.23. The zero-order valence-corrected chi connectivity index (χ0v) is 15.5. The quantitative estimate of drug-likeness (QED) is 0.431. The highest BCUT2D eigenvalue weighted by Gasteiger charge is 2.15. The molecule has 0 spiro atoms. The average Bonchev–Trinajstić information content (AvgIpc) is 3.14. The number of halogens is 1. The number of hydrogen-bond donors (Lipinski definition) is 1. The van der Waals surface area contributed by atoms with Gasteiger partial charge >= 0.3 is 5.97 Å². The van der Waals surface area contributed by atoms with E-state index in [2.05, 4.69) is 5.32 Å². The number of nitrogens with zero attached hydrogens (tertiary/aromatic N) is 1. The molecule has 0 aromatic heterocycles. The van der Waals surface area contributed by atoms with Crippen molar-refractivity contribution in [3.05, 3.63) is 62.7 Å². The van der Waals surface area contributed by atoms with Gasteiger partial charge in [-0.25, -0.2) is 4.79 Å². The van der Waals surface area contributed by atoms with Crippen molar-refractivity contribution in [2.45, 2.75) is 19.3 Å². The highest BCUT2D eigenvalue weighted by Crippen LogP contribution is 2.27. The first-order valence-corrected chi connectivity index (χ1v) is 8.94. The zero-order chi connectivity index (χ0) is 20.1. The standard InChI is InChI=1S/C19H17ClN2O6/c20-16-7-5-14(22(25)26)9-17(16)21-18(23)10-28-19(24)11-27-15-6-4-12-2-1-3-13(12)8-15/h4-9H,1-3,10-11H2,(H,21,23). The van der Waals surface area contributed by atoms with E-state index < -0.39 is 23.4 Å². The van der Waals surface area contributed by atoms with Crippen molar-refractivity contribution in [1.82, 2.24) is 0 Å². The molecule has 146 valence electrons. The number of aryl methyl sites for hydroxylation is 2. The number of ether oxygens (including phenoxy) is 2. The van der Waals surface area contributed by atoms with Gasteiger partial charge in [-0.15, -0.1) is 0 Å². The van der Waals surface area contributed by atoms with Crippen molar-refractivity contribution in [3.8, 4) is 5.75 Å². The third kappa shape index (κ3) is 4.98. The van der Waals surface area contributed by atoms with Gasteiger partial charge in [0.1, 0.15) is 5.75 Å². The van der Waals surface area contributed by atoms with Crippen molar-refractivity contribution in [3.63, 3.8) is 0 Å². The van der Waals surface area contributed by atoms with Gasteiger partial charge in [-0.1, -0.05) is 17.7 Å². The summed E-state index contributed by atoms with van der Waals surface area (Å²) in [5.41, 5.74) is 2.36. The predicted molar refractivity (Wildman–Crippen MR) is 102 cm³/mol. The molecule has 0 fully saturated rings. The molecule has 2 aromatic rings. The number of nitrogens with one attached hydrogen (secondary N) is 1. The number of nitro benzene ring substituents is 1. The molecule has 3 rings (SSSR count). The third-order valence-electron chi connectivity index (χ3n) is 4.23. The first-order valence-electron chi connectivity index (χ1n) is 8.56. The van der Waals surface area contributed by atoms with Crippen LogP contribution in [0.2, 0.25) is 5.02 Å². The molecule has 9 heteroatoms. The van der Waals surface area contributed by atoms with Gasteiger partial charge in [0.2, 0.25) is 0 Å². The van der Waals surface area contributed by atoms with E-state index in [1.165, 1.54) is 23.3 Å². The first-order chi connectivity index (χ1) is 13.4. The van der Waals surface area contributed by atoms with Gasteiger partial charge < -0.3 is 14.8 Å². The van der Waals surface area contributed by atoms with Crippen LogP contribution < -0.4 is 10.1 Å². The molecule has 0 aliphatic heterocycles. The molecule has 0 saturated carbocycles. The van der Waals surface area contributed by atoms with E-state index in [-0.39, 0.29) is 23.0 Å². The van der Waals surface area contributed by atoms with E-state index in [0.29, 0.717) is 5.75 Å².